The summed E-state index contributed by atoms with van der Waals surface area (Å²) in [6, 6.07) is 2.46. The fraction of sp³-hybridized carbons (Fsp3) is 0. The first-order valence-electron chi connectivity index (χ1n) is 3.36. The van der Waals surface area contributed by atoms with E-state index in [2.05, 4.69) is 0 Å². The Morgan fingerprint density at radius 1 is 1.25 bits per heavy atom. The average molecular weight is 258 g/mol. The molecule has 0 bridgehead atoms. The maximum atomic E-state index is 10.6. The number of carboxylic acids is 1. The summed E-state index contributed by atoms with van der Waals surface area (Å²) in [5.74, 6) is -2.04. The molecule has 4 N–H and O–H groups in total. The predicted molar refractivity (Wildman–Crippen MR) is 46.8 cm³/mol. The van der Waals surface area contributed by atoms with E-state index >= 15 is 0 Å². The quantitative estimate of drug-likeness (QED) is 0.383. The van der Waals surface area contributed by atoms with Gasteiger partial charge in [0, 0.05) is 0 Å². The SMILES string of the molecule is O=C(O)c1cc(S(=O)(=O)O)ccc1O.[Na+].[OH-]. The summed E-state index contributed by atoms with van der Waals surface area (Å²) in [5, 5.41) is 17.5. The predicted octanol–water partition coefficient (Wildman–Crippen LogP) is -2.84. The zero-order chi connectivity index (χ0) is 10.9. The average Bonchev–Trinajstić information content (AvgIpc) is 2.02. The third-order valence-electron chi connectivity index (χ3n) is 1.50. The molecule has 0 unspecified atom stereocenters. The smallest absolute Gasteiger partial charge is 0.870 e. The molecule has 0 saturated heterocycles. The van der Waals surface area contributed by atoms with Crippen LogP contribution >= 0.6 is 0 Å². The van der Waals surface area contributed by atoms with Gasteiger partial charge in [0.1, 0.15) is 11.3 Å². The summed E-state index contributed by atoms with van der Waals surface area (Å²) in [5.41, 5.74) is -0.583. The number of aromatic carboxylic acids is 1. The molecular weight excluding hydrogens is 251 g/mol. The van der Waals surface area contributed by atoms with Gasteiger partial charge in [-0.1, -0.05) is 0 Å². The Balaban J connectivity index is 0. The molecule has 0 aromatic heterocycles. The van der Waals surface area contributed by atoms with Gasteiger partial charge in [-0.15, -0.1) is 0 Å². The van der Waals surface area contributed by atoms with Crippen molar-refractivity contribution < 1.29 is 63.0 Å². The Labute approximate surface area is 113 Å². The van der Waals surface area contributed by atoms with E-state index in [1.54, 1.807) is 0 Å². The van der Waals surface area contributed by atoms with Crippen LogP contribution in [0.3, 0.4) is 0 Å². The number of carboxylic acid groups (broad SMARTS) is 1. The molecule has 7 nitrogen and oxygen atoms in total. The first-order chi connectivity index (χ1) is 6.32. The number of benzene rings is 1. The van der Waals surface area contributed by atoms with Crippen molar-refractivity contribution in [2.45, 2.75) is 4.90 Å². The van der Waals surface area contributed by atoms with E-state index in [4.69, 9.17) is 14.8 Å². The van der Waals surface area contributed by atoms with Crippen LogP contribution in [0.1, 0.15) is 10.4 Å². The molecule has 0 radical (unpaired) electrons. The Hall–Kier alpha value is -0.640. The largest absolute Gasteiger partial charge is 1.00 e. The molecule has 1 rings (SSSR count). The van der Waals surface area contributed by atoms with Gasteiger partial charge in [0.15, 0.2) is 0 Å². The summed E-state index contributed by atoms with van der Waals surface area (Å²) in [4.78, 5) is 9.89. The molecule has 0 atom stereocenters. The molecule has 0 heterocycles. The standard InChI is InChI=1S/C7H6O6S.Na.H2O/c8-6-2-1-4(14(11,12)13)3-5(6)7(9)10;;/h1-3,8H,(H,9,10)(H,11,12,13);;1H2/q;+1;/p-1. The monoisotopic (exact) mass is 258 g/mol. The molecule has 0 aliphatic heterocycles. The second-order valence-electron chi connectivity index (χ2n) is 2.46. The molecule has 0 spiro atoms. The van der Waals surface area contributed by atoms with E-state index in [-0.39, 0.29) is 35.0 Å². The first-order valence-corrected chi connectivity index (χ1v) is 4.80. The number of phenols is 1. The third-order valence-corrected chi connectivity index (χ3v) is 2.35. The molecule has 0 saturated carbocycles. The maximum absolute atomic E-state index is 10.6. The Bertz CT molecular complexity index is 482. The number of hydrogen-bond donors (Lipinski definition) is 3. The molecule has 16 heavy (non-hydrogen) atoms. The molecule has 1 aromatic rings. The van der Waals surface area contributed by atoms with E-state index in [9.17, 15) is 13.2 Å². The second-order valence-corrected chi connectivity index (χ2v) is 3.88. The van der Waals surface area contributed by atoms with Crippen LogP contribution in [0, 0.1) is 0 Å². The van der Waals surface area contributed by atoms with Crippen LogP contribution in [-0.4, -0.2) is 34.6 Å². The van der Waals surface area contributed by atoms with Gasteiger partial charge in [-0.2, -0.15) is 8.42 Å². The minimum atomic E-state index is -4.45. The van der Waals surface area contributed by atoms with Gasteiger partial charge >= 0.3 is 35.5 Å². The molecule has 0 fully saturated rings. The van der Waals surface area contributed by atoms with Crippen molar-refractivity contribution in [3.05, 3.63) is 23.8 Å². The number of hydrogen-bond acceptors (Lipinski definition) is 5. The second kappa shape index (κ2) is 6.18. The minimum Gasteiger partial charge on any atom is -0.870 e. The van der Waals surface area contributed by atoms with Crippen LogP contribution in [0.4, 0.5) is 0 Å². The molecule has 1 aromatic carbocycles. The van der Waals surface area contributed by atoms with Gasteiger partial charge < -0.3 is 15.7 Å². The molecule has 0 aliphatic carbocycles. The van der Waals surface area contributed by atoms with Gasteiger partial charge in [-0.25, -0.2) is 4.79 Å². The normalized spacial score (nSPS) is 9.81. The number of rotatable bonds is 2. The van der Waals surface area contributed by atoms with Gasteiger partial charge in [0.25, 0.3) is 10.1 Å². The molecule has 0 amide bonds. The van der Waals surface area contributed by atoms with Crippen molar-refractivity contribution >= 4 is 16.1 Å². The van der Waals surface area contributed by atoms with Gasteiger partial charge in [-0.05, 0) is 18.2 Å². The first kappa shape index (κ1) is 17.7. The number of carbonyl (C=O) groups is 1. The van der Waals surface area contributed by atoms with Gasteiger partial charge in [0.05, 0.1) is 4.90 Å². The Morgan fingerprint density at radius 3 is 2.12 bits per heavy atom. The van der Waals surface area contributed by atoms with E-state index in [1.807, 2.05) is 0 Å². The summed E-state index contributed by atoms with van der Waals surface area (Å²) in [6.07, 6.45) is 0. The van der Waals surface area contributed by atoms with Crippen molar-refractivity contribution in [1.82, 2.24) is 0 Å². The summed E-state index contributed by atoms with van der Waals surface area (Å²) < 4.78 is 29.8. The van der Waals surface area contributed by atoms with Gasteiger partial charge in [-0.3, -0.25) is 4.55 Å². The fourth-order valence-corrected chi connectivity index (χ4v) is 1.35. The Kier molecular flexibility index (Phi) is 6.86. The van der Waals surface area contributed by atoms with Crippen LogP contribution < -0.4 is 29.6 Å². The summed E-state index contributed by atoms with van der Waals surface area (Å²) in [6.45, 7) is 0. The molecular formula is C7H7NaO7S. The van der Waals surface area contributed by atoms with E-state index in [0.717, 1.165) is 12.1 Å². The summed E-state index contributed by atoms with van der Waals surface area (Å²) >= 11 is 0. The zero-order valence-electron chi connectivity index (χ0n) is 8.15. The van der Waals surface area contributed by atoms with Gasteiger partial charge in [0.2, 0.25) is 0 Å². The third kappa shape index (κ3) is 4.08. The van der Waals surface area contributed by atoms with Crippen molar-refractivity contribution in [3.8, 4) is 5.75 Å². The number of aromatic hydroxyl groups is 1. The molecule has 84 valence electrons. The van der Waals surface area contributed by atoms with E-state index < -0.39 is 32.3 Å². The minimum absolute atomic E-state index is 0. The van der Waals surface area contributed by atoms with Crippen molar-refractivity contribution in [3.63, 3.8) is 0 Å². The van der Waals surface area contributed by atoms with Crippen molar-refractivity contribution in [2.24, 2.45) is 0 Å². The van der Waals surface area contributed by atoms with Crippen LogP contribution in [0.2, 0.25) is 0 Å². The molecule has 9 heteroatoms. The van der Waals surface area contributed by atoms with E-state index in [0.29, 0.717) is 6.07 Å². The van der Waals surface area contributed by atoms with Crippen LogP contribution in [0.5, 0.6) is 5.75 Å². The van der Waals surface area contributed by atoms with Crippen molar-refractivity contribution in [2.75, 3.05) is 0 Å². The fourth-order valence-electron chi connectivity index (χ4n) is 0.847. The van der Waals surface area contributed by atoms with Crippen molar-refractivity contribution in [1.29, 1.82) is 0 Å². The molecule has 0 aliphatic rings. The van der Waals surface area contributed by atoms with Crippen LogP contribution in [-0.2, 0) is 10.1 Å². The van der Waals surface area contributed by atoms with Crippen LogP contribution in [0.15, 0.2) is 23.1 Å². The zero-order valence-corrected chi connectivity index (χ0v) is 11.0. The summed E-state index contributed by atoms with van der Waals surface area (Å²) in [7, 11) is -4.45. The van der Waals surface area contributed by atoms with Crippen LogP contribution in [0.25, 0.3) is 0 Å². The maximum Gasteiger partial charge on any atom is 1.00 e. The van der Waals surface area contributed by atoms with E-state index in [1.165, 1.54) is 0 Å². The topological polar surface area (TPSA) is 142 Å². The Morgan fingerprint density at radius 2 is 1.75 bits per heavy atom.